The summed E-state index contributed by atoms with van der Waals surface area (Å²) in [6.45, 7) is 0.689. The van der Waals surface area contributed by atoms with Gasteiger partial charge in [-0.1, -0.05) is 53.2 Å². The fourth-order valence-corrected chi connectivity index (χ4v) is 2.10. The first-order chi connectivity index (χ1) is 10.8. The van der Waals surface area contributed by atoms with Gasteiger partial charge in [-0.3, -0.25) is 14.6 Å². The normalized spacial score (nSPS) is 10.4. The van der Waals surface area contributed by atoms with Gasteiger partial charge >= 0.3 is 5.88 Å². The van der Waals surface area contributed by atoms with Crippen LogP contribution < -0.4 is 10.00 Å². The minimum atomic E-state index is -0.216. The Morgan fingerprint density at radius 3 is 2.45 bits per heavy atom. The highest BCUT2D eigenvalue weighted by atomic mass is 16.5. The van der Waals surface area contributed by atoms with E-state index in [1.54, 1.807) is 23.0 Å². The number of benzene rings is 2. The van der Waals surface area contributed by atoms with Crippen molar-refractivity contribution < 1.29 is 14.0 Å². The highest BCUT2D eigenvalue weighted by molar-refractivity contribution is 6.03. The van der Waals surface area contributed by atoms with Crippen molar-refractivity contribution in [3.05, 3.63) is 78.0 Å². The predicted molar refractivity (Wildman–Crippen MR) is 81.2 cm³/mol. The molecule has 1 amide bonds. The number of carbonyl (C=O) groups excluding carboxylic acids is 1. The number of amides is 1. The van der Waals surface area contributed by atoms with Gasteiger partial charge < -0.3 is 0 Å². The van der Waals surface area contributed by atoms with E-state index in [0.29, 0.717) is 18.0 Å². The number of aromatic nitrogens is 2. The first-order valence-corrected chi connectivity index (χ1v) is 7.08. The molecule has 1 aromatic heterocycles. The lowest BCUT2D eigenvalue weighted by atomic mass is 10.1. The molecule has 0 saturated heterocycles. The van der Waals surface area contributed by atoms with Crippen molar-refractivity contribution in [3.8, 4) is 0 Å². The lowest BCUT2D eigenvalue weighted by Gasteiger charge is -1.98. The van der Waals surface area contributed by atoms with Crippen molar-refractivity contribution in [3.63, 3.8) is 0 Å². The third-order valence-electron chi connectivity index (χ3n) is 3.26. The van der Waals surface area contributed by atoms with Gasteiger partial charge in [0.1, 0.15) is 0 Å². The van der Waals surface area contributed by atoms with Crippen LogP contribution in [0.2, 0.25) is 0 Å². The van der Waals surface area contributed by atoms with E-state index < -0.39 is 0 Å². The van der Waals surface area contributed by atoms with Gasteiger partial charge in [0.05, 0.1) is 0 Å². The van der Waals surface area contributed by atoms with Crippen molar-refractivity contribution in [2.45, 2.75) is 13.0 Å². The average Bonchev–Trinajstić information content (AvgIpc) is 3.02. The number of anilines is 1. The van der Waals surface area contributed by atoms with Crippen LogP contribution in [0.4, 0.5) is 5.88 Å². The fourth-order valence-electron chi connectivity index (χ4n) is 2.10. The highest BCUT2D eigenvalue weighted by Crippen LogP contribution is 2.06. The molecule has 5 nitrogen and oxygen atoms in total. The van der Waals surface area contributed by atoms with Crippen LogP contribution in [-0.4, -0.2) is 11.2 Å². The average molecular weight is 294 g/mol. The Balaban J connectivity index is 1.58. The van der Waals surface area contributed by atoms with E-state index in [1.165, 1.54) is 5.56 Å². The van der Waals surface area contributed by atoms with Gasteiger partial charge in [0.25, 0.3) is 12.1 Å². The fraction of sp³-hybridized carbons (Fsp3) is 0.118. The quantitative estimate of drug-likeness (QED) is 0.735. The number of carbonyl (C=O) groups is 1. The third kappa shape index (κ3) is 3.58. The van der Waals surface area contributed by atoms with Crippen LogP contribution in [0, 0.1) is 0 Å². The summed E-state index contributed by atoms with van der Waals surface area (Å²) in [4.78, 5) is 12.0. The maximum atomic E-state index is 12.0. The Morgan fingerprint density at radius 2 is 1.73 bits per heavy atom. The first-order valence-electron chi connectivity index (χ1n) is 7.08. The molecular weight excluding hydrogens is 278 g/mol. The van der Waals surface area contributed by atoms with Gasteiger partial charge in [-0.25, -0.2) is 0 Å². The zero-order valence-corrected chi connectivity index (χ0v) is 12.0. The molecule has 1 N–H and O–H groups in total. The van der Waals surface area contributed by atoms with Crippen LogP contribution in [0.25, 0.3) is 0 Å². The second kappa shape index (κ2) is 6.67. The topological polar surface area (TPSA) is 59.0 Å². The zero-order valence-electron chi connectivity index (χ0n) is 12.0. The molecule has 0 aliphatic rings. The molecule has 0 unspecified atom stereocenters. The maximum Gasteiger partial charge on any atom is 0.302 e. The van der Waals surface area contributed by atoms with E-state index in [2.05, 4.69) is 22.7 Å². The second-order valence-corrected chi connectivity index (χ2v) is 4.89. The molecule has 1 heterocycles. The van der Waals surface area contributed by atoms with E-state index in [-0.39, 0.29) is 5.91 Å². The van der Waals surface area contributed by atoms with Crippen molar-refractivity contribution in [1.82, 2.24) is 5.27 Å². The molecule has 0 aliphatic carbocycles. The van der Waals surface area contributed by atoms with Gasteiger partial charge in [0.2, 0.25) is 5.27 Å². The lowest BCUT2D eigenvalue weighted by molar-refractivity contribution is -0.761. The van der Waals surface area contributed by atoms with Gasteiger partial charge in [0.15, 0.2) is 6.54 Å². The minimum Gasteiger partial charge on any atom is -0.285 e. The van der Waals surface area contributed by atoms with E-state index in [0.717, 1.165) is 6.42 Å². The molecule has 5 heteroatoms. The zero-order chi connectivity index (χ0) is 15.2. The predicted octanol–water partition coefficient (Wildman–Crippen LogP) is 2.46. The standard InChI is InChI=1S/C17H15N3O2/c21-17(15-9-5-2-6-10-15)18-16-13-20(19-22-16)12-11-14-7-3-1-4-8-14/h1-10,13H,11-12H2/p+1. The molecule has 3 rings (SSSR count). The van der Waals surface area contributed by atoms with Crippen LogP contribution in [0.3, 0.4) is 0 Å². The second-order valence-electron chi connectivity index (χ2n) is 4.89. The molecule has 0 radical (unpaired) electrons. The molecule has 0 bridgehead atoms. The smallest absolute Gasteiger partial charge is 0.285 e. The van der Waals surface area contributed by atoms with Crippen molar-refractivity contribution in [2.75, 3.05) is 5.32 Å². The van der Waals surface area contributed by atoms with Crippen LogP contribution in [-0.2, 0) is 13.0 Å². The van der Waals surface area contributed by atoms with Crippen LogP contribution >= 0.6 is 0 Å². The number of rotatable bonds is 5. The van der Waals surface area contributed by atoms with E-state index in [1.807, 2.05) is 36.4 Å². The Morgan fingerprint density at radius 1 is 1.05 bits per heavy atom. The molecule has 0 atom stereocenters. The van der Waals surface area contributed by atoms with Gasteiger partial charge in [0, 0.05) is 12.0 Å². The summed E-state index contributed by atoms with van der Waals surface area (Å²) in [5.41, 5.74) is 1.81. The minimum absolute atomic E-state index is 0.216. The summed E-state index contributed by atoms with van der Waals surface area (Å²) < 4.78 is 6.80. The highest BCUT2D eigenvalue weighted by Gasteiger charge is 2.14. The number of nitrogens with one attached hydrogen (secondary N) is 1. The monoisotopic (exact) mass is 294 g/mol. The Hall–Kier alpha value is -2.95. The number of hydrogen-bond donors (Lipinski definition) is 1. The van der Waals surface area contributed by atoms with E-state index in [9.17, 15) is 4.79 Å². The van der Waals surface area contributed by atoms with E-state index in [4.69, 9.17) is 4.52 Å². The van der Waals surface area contributed by atoms with Gasteiger partial charge in [-0.05, 0) is 17.7 Å². The Labute approximate surface area is 128 Å². The summed E-state index contributed by atoms with van der Waals surface area (Å²) in [6.07, 6.45) is 2.54. The molecule has 3 aromatic rings. The molecule has 22 heavy (non-hydrogen) atoms. The molecule has 110 valence electrons. The van der Waals surface area contributed by atoms with Gasteiger partial charge in [-0.2, -0.15) is 0 Å². The molecule has 0 saturated carbocycles. The Bertz CT molecular complexity index is 739. The van der Waals surface area contributed by atoms with Crippen LogP contribution in [0.1, 0.15) is 15.9 Å². The molecule has 2 aromatic carbocycles. The van der Waals surface area contributed by atoms with Crippen LogP contribution in [0.15, 0.2) is 71.4 Å². The van der Waals surface area contributed by atoms with Crippen LogP contribution in [0.5, 0.6) is 0 Å². The molecule has 0 fully saturated rings. The number of nitrogens with zero attached hydrogens (tertiary/aromatic N) is 2. The maximum absolute atomic E-state index is 12.0. The summed E-state index contributed by atoms with van der Waals surface area (Å²) in [6, 6.07) is 19.1. The van der Waals surface area contributed by atoms with Crippen molar-refractivity contribution >= 4 is 11.8 Å². The SMILES string of the molecule is O=C(Nc1c[n+](CCc2ccccc2)no1)c1ccccc1. The Kier molecular flexibility index (Phi) is 4.25. The number of hydrogen-bond acceptors (Lipinski definition) is 3. The lowest BCUT2D eigenvalue weighted by Crippen LogP contribution is -2.35. The summed E-state index contributed by atoms with van der Waals surface area (Å²) in [5.74, 6) is 0.119. The summed E-state index contributed by atoms with van der Waals surface area (Å²) in [5, 5.41) is 6.59. The first kappa shape index (κ1) is 14.0. The number of aryl methyl sites for hydroxylation is 2. The summed E-state index contributed by atoms with van der Waals surface area (Å²) in [7, 11) is 0. The third-order valence-corrected chi connectivity index (χ3v) is 3.26. The largest absolute Gasteiger partial charge is 0.302 e. The molecular formula is C17H16N3O2+. The van der Waals surface area contributed by atoms with Crippen molar-refractivity contribution in [1.29, 1.82) is 0 Å². The summed E-state index contributed by atoms with van der Waals surface area (Å²) >= 11 is 0. The van der Waals surface area contributed by atoms with E-state index >= 15 is 0 Å². The molecule has 0 spiro atoms. The van der Waals surface area contributed by atoms with Crippen molar-refractivity contribution in [2.24, 2.45) is 0 Å². The molecule has 0 aliphatic heterocycles. The van der Waals surface area contributed by atoms with Gasteiger partial charge in [-0.15, -0.1) is 0 Å².